The molecule has 0 bridgehead atoms. The minimum Gasteiger partial charge on any atom is -0.490 e. The average Bonchev–Trinajstić information content (AvgIpc) is 2.62. The van der Waals surface area contributed by atoms with E-state index in [-0.39, 0.29) is 27.7 Å². The van der Waals surface area contributed by atoms with E-state index in [2.05, 4.69) is 10.6 Å². The summed E-state index contributed by atoms with van der Waals surface area (Å²) in [5.41, 5.74) is 0.624. The second kappa shape index (κ2) is 8.23. The molecule has 0 aliphatic heterocycles. The number of hydrogen-bond acceptors (Lipinski definition) is 6. The molecule has 3 N–H and O–H groups in total. The van der Waals surface area contributed by atoms with Gasteiger partial charge in [0.05, 0.1) is 17.6 Å². The van der Waals surface area contributed by atoms with Crippen molar-refractivity contribution in [3.63, 3.8) is 0 Å². The standard InChI is InChI=1S/C17H15N3O6S/c1-9-11(16(22)23)4-3-5-12(9)18-17(27)19-15(21)10-6-7-14(26-2)13(8-10)20(24)25/h3-8H,1-2H3,(H,22,23)(H2,18,19,21,27). The van der Waals surface area contributed by atoms with Crippen LogP contribution in [-0.4, -0.2) is 34.1 Å². The molecule has 0 atom stereocenters. The first-order valence-corrected chi connectivity index (χ1v) is 7.93. The van der Waals surface area contributed by atoms with Gasteiger partial charge in [-0.15, -0.1) is 0 Å². The summed E-state index contributed by atoms with van der Waals surface area (Å²) in [6, 6.07) is 8.34. The second-order valence-electron chi connectivity index (χ2n) is 5.34. The number of carboxylic acids is 1. The largest absolute Gasteiger partial charge is 0.490 e. The summed E-state index contributed by atoms with van der Waals surface area (Å²) in [7, 11) is 1.29. The number of hydrogen-bond donors (Lipinski definition) is 3. The van der Waals surface area contributed by atoms with Gasteiger partial charge in [-0.2, -0.15) is 0 Å². The highest BCUT2D eigenvalue weighted by Gasteiger charge is 2.19. The zero-order valence-electron chi connectivity index (χ0n) is 14.3. The van der Waals surface area contributed by atoms with Gasteiger partial charge in [0.15, 0.2) is 10.9 Å². The number of carboxylic acid groups (broad SMARTS) is 1. The molecule has 0 heterocycles. The lowest BCUT2D eigenvalue weighted by Gasteiger charge is -2.13. The number of ether oxygens (including phenoxy) is 1. The number of anilines is 1. The fourth-order valence-corrected chi connectivity index (χ4v) is 2.51. The van der Waals surface area contributed by atoms with Crippen LogP contribution in [0.3, 0.4) is 0 Å². The number of nitro benzene ring substituents is 1. The Labute approximate surface area is 159 Å². The van der Waals surface area contributed by atoms with E-state index in [0.29, 0.717) is 11.3 Å². The molecule has 0 aliphatic rings. The van der Waals surface area contributed by atoms with Crippen molar-refractivity contribution < 1.29 is 24.4 Å². The van der Waals surface area contributed by atoms with Gasteiger partial charge in [0, 0.05) is 17.3 Å². The summed E-state index contributed by atoms with van der Waals surface area (Å²) < 4.78 is 4.89. The third-order valence-electron chi connectivity index (χ3n) is 3.68. The van der Waals surface area contributed by atoms with Crippen molar-refractivity contribution >= 4 is 40.6 Å². The SMILES string of the molecule is COc1ccc(C(=O)NC(=S)Nc2cccc(C(=O)O)c2C)cc1[N+](=O)[O-]. The Balaban J connectivity index is 2.16. The van der Waals surface area contributed by atoms with Gasteiger partial charge in [0.1, 0.15) is 0 Å². The van der Waals surface area contributed by atoms with Crippen LogP contribution in [0.2, 0.25) is 0 Å². The van der Waals surface area contributed by atoms with Gasteiger partial charge in [-0.05, 0) is 49.0 Å². The van der Waals surface area contributed by atoms with Gasteiger partial charge >= 0.3 is 11.7 Å². The summed E-state index contributed by atoms with van der Waals surface area (Å²) >= 11 is 5.06. The number of methoxy groups -OCH3 is 1. The molecule has 10 heteroatoms. The Bertz CT molecular complexity index is 944. The predicted octanol–water partition coefficient (Wildman–Crippen LogP) is 2.74. The van der Waals surface area contributed by atoms with Gasteiger partial charge in [-0.1, -0.05) is 6.07 Å². The Morgan fingerprint density at radius 3 is 2.56 bits per heavy atom. The maximum absolute atomic E-state index is 12.3. The topological polar surface area (TPSA) is 131 Å². The zero-order valence-corrected chi connectivity index (χ0v) is 15.1. The van der Waals surface area contributed by atoms with Crippen LogP contribution in [0.5, 0.6) is 5.75 Å². The number of nitro groups is 1. The van der Waals surface area contributed by atoms with E-state index in [1.54, 1.807) is 13.0 Å². The normalized spacial score (nSPS) is 10.0. The summed E-state index contributed by atoms with van der Waals surface area (Å²) in [6.07, 6.45) is 0. The lowest BCUT2D eigenvalue weighted by atomic mass is 10.1. The van der Waals surface area contributed by atoms with Crippen LogP contribution in [-0.2, 0) is 0 Å². The van der Waals surface area contributed by atoms with Crippen LogP contribution >= 0.6 is 12.2 Å². The van der Waals surface area contributed by atoms with Gasteiger partial charge in [-0.25, -0.2) is 4.79 Å². The molecule has 0 aromatic heterocycles. The van der Waals surface area contributed by atoms with Crippen molar-refractivity contribution in [3.8, 4) is 5.75 Å². The summed E-state index contributed by atoms with van der Waals surface area (Å²) in [6.45, 7) is 1.60. The maximum Gasteiger partial charge on any atom is 0.336 e. The Morgan fingerprint density at radius 2 is 1.96 bits per heavy atom. The first kappa shape index (κ1) is 19.8. The van der Waals surface area contributed by atoms with Crippen LogP contribution in [0.4, 0.5) is 11.4 Å². The minimum absolute atomic E-state index is 0.0164. The number of benzene rings is 2. The smallest absolute Gasteiger partial charge is 0.336 e. The molecule has 0 unspecified atom stereocenters. The molecule has 1 amide bonds. The molecule has 2 aromatic rings. The first-order chi connectivity index (χ1) is 12.7. The Kier molecular flexibility index (Phi) is 6.03. The lowest BCUT2D eigenvalue weighted by Crippen LogP contribution is -2.34. The number of rotatable bonds is 5. The number of amides is 1. The van der Waals surface area contributed by atoms with Crippen molar-refractivity contribution in [1.29, 1.82) is 0 Å². The molecular formula is C17H15N3O6S. The van der Waals surface area contributed by atoms with E-state index in [9.17, 15) is 19.7 Å². The number of nitrogens with one attached hydrogen (secondary N) is 2. The van der Waals surface area contributed by atoms with Crippen LogP contribution in [0, 0.1) is 17.0 Å². The van der Waals surface area contributed by atoms with Crippen molar-refractivity contribution in [2.75, 3.05) is 12.4 Å². The highest BCUT2D eigenvalue weighted by molar-refractivity contribution is 7.80. The maximum atomic E-state index is 12.3. The van der Waals surface area contributed by atoms with Crippen LogP contribution in [0.25, 0.3) is 0 Å². The molecule has 0 saturated carbocycles. The molecular weight excluding hydrogens is 374 g/mol. The third kappa shape index (κ3) is 4.55. The molecule has 9 nitrogen and oxygen atoms in total. The van der Waals surface area contributed by atoms with Crippen molar-refractivity contribution in [2.45, 2.75) is 6.92 Å². The molecule has 0 fully saturated rings. The molecule has 0 spiro atoms. The van der Waals surface area contributed by atoms with Gasteiger partial charge in [0.2, 0.25) is 0 Å². The quantitative estimate of drug-likeness (QED) is 0.404. The average molecular weight is 389 g/mol. The van der Waals surface area contributed by atoms with Crippen molar-refractivity contribution in [1.82, 2.24) is 5.32 Å². The number of nitrogens with zero attached hydrogens (tertiary/aromatic N) is 1. The highest BCUT2D eigenvalue weighted by atomic mass is 32.1. The molecule has 0 saturated heterocycles. The Hall–Kier alpha value is -3.53. The van der Waals surface area contributed by atoms with Crippen LogP contribution in [0.15, 0.2) is 36.4 Å². The number of carbonyl (C=O) groups is 2. The van der Waals surface area contributed by atoms with Crippen molar-refractivity contribution in [2.24, 2.45) is 0 Å². The van der Waals surface area contributed by atoms with Gasteiger partial charge < -0.3 is 15.2 Å². The molecule has 27 heavy (non-hydrogen) atoms. The number of carbonyl (C=O) groups excluding carboxylic acids is 1. The van der Waals surface area contributed by atoms with Gasteiger partial charge in [-0.3, -0.25) is 20.2 Å². The molecule has 2 rings (SSSR count). The molecule has 0 radical (unpaired) electrons. The highest BCUT2D eigenvalue weighted by Crippen LogP contribution is 2.27. The second-order valence-corrected chi connectivity index (χ2v) is 5.74. The molecule has 0 aliphatic carbocycles. The van der Waals surface area contributed by atoms with E-state index in [1.807, 2.05) is 0 Å². The van der Waals surface area contributed by atoms with Gasteiger partial charge in [0.25, 0.3) is 5.91 Å². The van der Waals surface area contributed by atoms with Crippen LogP contribution in [0.1, 0.15) is 26.3 Å². The number of aromatic carboxylic acids is 1. The van der Waals surface area contributed by atoms with Crippen LogP contribution < -0.4 is 15.4 Å². The van der Waals surface area contributed by atoms with E-state index >= 15 is 0 Å². The Morgan fingerprint density at radius 1 is 1.26 bits per heavy atom. The summed E-state index contributed by atoms with van der Waals surface area (Å²) in [5.74, 6) is -1.72. The van der Waals surface area contributed by atoms with E-state index in [1.165, 1.54) is 31.4 Å². The molecule has 2 aromatic carbocycles. The monoisotopic (exact) mass is 389 g/mol. The van der Waals surface area contributed by atoms with Crippen molar-refractivity contribution in [3.05, 3.63) is 63.2 Å². The molecule has 140 valence electrons. The fourth-order valence-electron chi connectivity index (χ4n) is 2.31. The first-order valence-electron chi connectivity index (χ1n) is 7.52. The minimum atomic E-state index is -1.09. The third-order valence-corrected chi connectivity index (χ3v) is 3.88. The fraction of sp³-hybridized carbons (Fsp3) is 0.118. The van der Waals surface area contributed by atoms with E-state index in [0.717, 1.165) is 6.07 Å². The number of thiocarbonyl (C=S) groups is 1. The summed E-state index contributed by atoms with van der Waals surface area (Å²) in [5, 5.41) is 25.2. The zero-order chi connectivity index (χ0) is 20.1. The lowest BCUT2D eigenvalue weighted by molar-refractivity contribution is -0.385. The van der Waals surface area contributed by atoms with E-state index in [4.69, 9.17) is 22.1 Å². The predicted molar refractivity (Wildman–Crippen MR) is 101 cm³/mol. The van der Waals surface area contributed by atoms with E-state index < -0.39 is 16.8 Å². The summed E-state index contributed by atoms with van der Waals surface area (Å²) in [4.78, 5) is 33.8.